The smallest absolute Gasteiger partial charge is 0.328 e. The van der Waals surface area contributed by atoms with Crippen molar-refractivity contribution < 1.29 is 22.2 Å². The van der Waals surface area contributed by atoms with Gasteiger partial charge in [-0.15, -0.1) is 0 Å². The third kappa shape index (κ3) is 2.07. The zero-order chi connectivity index (χ0) is 10.1. The van der Waals surface area contributed by atoms with Crippen LogP contribution in [0.4, 0.5) is 0 Å². The van der Waals surface area contributed by atoms with Crippen LogP contribution in [-0.4, -0.2) is 25.9 Å². The Labute approximate surface area is 74.3 Å². The molecule has 1 aromatic heterocycles. The molecule has 72 valence electrons. The fourth-order valence-corrected chi connectivity index (χ4v) is 1.14. The van der Waals surface area contributed by atoms with E-state index in [9.17, 15) is 13.2 Å². The largest absolute Gasteiger partial charge is 0.437 e. The lowest BCUT2D eigenvalue weighted by atomic mass is 10.4. The van der Waals surface area contributed by atoms with E-state index in [0.717, 1.165) is 12.1 Å². The zero-order valence-corrected chi connectivity index (χ0v) is 7.46. The molecule has 2 N–H and O–H groups in total. The number of furan rings is 1. The molecule has 1 amide bonds. The summed E-state index contributed by atoms with van der Waals surface area (Å²) in [4.78, 5) is 10.9. The van der Waals surface area contributed by atoms with Crippen molar-refractivity contribution in [2.75, 3.05) is 7.05 Å². The molecule has 7 heteroatoms. The Bertz CT molecular complexity index is 418. The van der Waals surface area contributed by atoms with Crippen LogP contribution in [0.2, 0.25) is 0 Å². The summed E-state index contributed by atoms with van der Waals surface area (Å²) in [6, 6.07) is 2.15. The van der Waals surface area contributed by atoms with Crippen LogP contribution in [0.15, 0.2) is 21.6 Å². The van der Waals surface area contributed by atoms with Crippen LogP contribution in [0.5, 0.6) is 0 Å². The van der Waals surface area contributed by atoms with Crippen molar-refractivity contribution in [3.8, 4) is 0 Å². The van der Waals surface area contributed by atoms with Crippen LogP contribution < -0.4 is 5.32 Å². The van der Waals surface area contributed by atoms with Gasteiger partial charge in [0.25, 0.3) is 5.91 Å². The average molecular weight is 205 g/mol. The highest BCUT2D eigenvalue weighted by Gasteiger charge is 2.17. The van der Waals surface area contributed by atoms with E-state index < -0.39 is 21.1 Å². The van der Waals surface area contributed by atoms with Crippen LogP contribution in [0.25, 0.3) is 0 Å². The topological polar surface area (TPSA) is 96.6 Å². The Morgan fingerprint density at radius 3 is 2.54 bits per heavy atom. The van der Waals surface area contributed by atoms with Crippen molar-refractivity contribution in [1.82, 2.24) is 5.32 Å². The second-order valence-electron chi connectivity index (χ2n) is 2.17. The van der Waals surface area contributed by atoms with Gasteiger partial charge in [0.15, 0.2) is 5.76 Å². The molecule has 0 aliphatic rings. The van der Waals surface area contributed by atoms with Crippen molar-refractivity contribution in [3.05, 3.63) is 17.9 Å². The molecule has 0 spiro atoms. The maximum atomic E-state index is 10.9. The molecule has 6 nitrogen and oxygen atoms in total. The van der Waals surface area contributed by atoms with Gasteiger partial charge in [0.1, 0.15) is 0 Å². The number of carbonyl (C=O) groups excluding carboxylic acids is 1. The standard InChI is InChI=1S/C6H7NO5S/c1-7-6(8)4-2-3-5(12-4)13(9,10)11/h2-3H,1H3,(H,7,8)(H,9,10,11). The van der Waals surface area contributed by atoms with E-state index in [1.807, 2.05) is 0 Å². The third-order valence-corrected chi connectivity index (χ3v) is 2.01. The van der Waals surface area contributed by atoms with Crippen molar-refractivity contribution in [3.63, 3.8) is 0 Å². The molecule has 1 rings (SSSR count). The van der Waals surface area contributed by atoms with Gasteiger partial charge in [-0.3, -0.25) is 9.35 Å². The third-order valence-electron chi connectivity index (χ3n) is 1.29. The van der Waals surface area contributed by atoms with Crippen LogP contribution in [-0.2, 0) is 10.1 Å². The normalized spacial score (nSPS) is 11.2. The summed E-state index contributed by atoms with van der Waals surface area (Å²) in [7, 11) is -3.00. The molecule has 0 bridgehead atoms. The number of hydrogen-bond acceptors (Lipinski definition) is 4. The van der Waals surface area contributed by atoms with Gasteiger partial charge in [0.05, 0.1) is 0 Å². The second kappa shape index (κ2) is 3.19. The van der Waals surface area contributed by atoms with Crippen molar-refractivity contribution in [1.29, 1.82) is 0 Å². The highest BCUT2D eigenvalue weighted by molar-refractivity contribution is 7.85. The summed E-state index contributed by atoms with van der Waals surface area (Å²) in [6.07, 6.45) is 0. The van der Waals surface area contributed by atoms with Gasteiger partial charge in [0.2, 0.25) is 5.09 Å². The molecule has 0 aromatic carbocycles. The Balaban J connectivity index is 3.07. The molecular formula is C6H7NO5S. The molecule has 0 fully saturated rings. The number of amides is 1. The minimum Gasteiger partial charge on any atom is -0.437 e. The van der Waals surface area contributed by atoms with E-state index in [2.05, 4.69) is 9.73 Å². The Kier molecular flexibility index (Phi) is 2.39. The Morgan fingerprint density at radius 2 is 2.15 bits per heavy atom. The lowest BCUT2D eigenvalue weighted by Gasteiger charge is -1.92. The number of rotatable bonds is 2. The summed E-state index contributed by atoms with van der Waals surface area (Å²) in [5.74, 6) is -0.731. The molecule has 0 unspecified atom stereocenters. The highest BCUT2D eigenvalue weighted by atomic mass is 32.2. The van der Waals surface area contributed by atoms with Gasteiger partial charge in [-0.2, -0.15) is 8.42 Å². The lowest BCUT2D eigenvalue weighted by molar-refractivity contribution is 0.0930. The summed E-state index contributed by atoms with van der Waals surface area (Å²) in [5.41, 5.74) is 0. The minimum absolute atomic E-state index is 0.171. The van der Waals surface area contributed by atoms with Crippen molar-refractivity contribution >= 4 is 16.0 Å². The van der Waals surface area contributed by atoms with Gasteiger partial charge in [-0.05, 0) is 12.1 Å². The first kappa shape index (κ1) is 9.75. The van der Waals surface area contributed by atoms with Gasteiger partial charge < -0.3 is 9.73 Å². The summed E-state index contributed by atoms with van der Waals surface area (Å²) >= 11 is 0. The molecule has 0 radical (unpaired) electrons. The molecule has 0 aliphatic carbocycles. The first-order valence-corrected chi connectivity index (χ1v) is 4.68. The second-order valence-corrected chi connectivity index (χ2v) is 3.53. The SMILES string of the molecule is CNC(=O)c1ccc(S(=O)(=O)O)o1. The predicted octanol–water partition coefficient (Wildman–Crippen LogP) is -0.114. The number of carbonyl (C=O) groups is 1. The van der Waals surface area contributed by atoms with Crippen LogP contribution in [0.3, 0.4) is 0 Å². The minimum atomic E-state index is -4.37. The summed E-state index contributed by atoms with van der Waals surface area (Å²) in [5, 5.41) is 1.59. The molecule has 13 heavy (non-hydrogen) atoms. The van der Waals surface area contributed by atoms with Gasteiger partial charge >= 0.3 is 10.1 Å². The van der Waals surface area contributed by atoms with Crippen molar-refractivity contribution in [2.24, 2.45) is 0 Å². The van der Waals surface area contributed by atoms with E-state index in [1.165, 1.54) is 7.05 Å². The first-order valence-electron chi connectivity index (χ1n) is 3.24. The monoisotopic (exact) mass is 205 g/mol. The summed E-state index contributed by atoms with van der Waals surface area (Å²) in [6.45, 7) is 0. The zero-order valence-electron chi connectivity index (χ0n) is 6.64. The molecule has 0 aliphatic heterocycles. The Hall–Kier alpha value is -1.34. The average Bonchev–Trinajstić information content (AvgIpc) is 2.50. The molecule has 0 saturated carbocycles. The first-order chi connectivity index (χ1) is 5.95. The maximum Gasteiger partial charge on any atom is 0.328 e. The lowest BCUT2D eigenvalue weighted by Crippen LogP contribution is -2.16. The quantitative estimate of drug-likeness (QED) is 0.656. The Morgan fingerprint density at radius 1 is 1.54 bits per heavy atom. The summed E-state index contributed by atoms with van der Waals surface area (Å²) < 4.78 is 34.0. The van der Waals surface area contributed by atoms with E-state index in [4.69, 9.17) is 4.55 Å². The maximum absolute atomic E-state index is 10.9. The van der Waals surface area contributed by atoms with Crippen LogP contribution in [0.1, 0.15) is 10.6 Å². The van der Waals surface area contributed by atoms with E-state index in [-0.39, 0.29) is 5.76 Å². The van der Waals surface area contributed by atoms with E-state index >= 15 is 0 Å². The predicted molar refractivity (Wildman–Crippen MR) is 41.9 cm³/mol. The highest BCUT2D eigenvalue weighted by Crippen LogP contribution is 2.12. The van der Waals surface area contributed by atoms with Gasteiger partial charge in [-0.25, -0.2) is 0 Å². The molecule has 0 saturated heterocycles. The fourth-order valence-electron chi connectivity index (χ4n) is 0.704. The molecule has 0 atom stereocenters. The van der Waals surface area contributed by atoms with Crippen LogP contribution >= 0.6 is 0 Å². The fraction of sp³-hybridized carbons (Fsp3) is 0.167. The van der Waals surface area contributed by atoms with Gasteiger partial charge in [0, 0.05) is 7.05 Å². The van der Waals surface area contributed by atoms with Crippen molar-refractivity contribution in [2.45, 2.75) is 5.09 Å². The van der Waals surface area contributed by atoms with Crippen LogP contribution in [0, 0.1) is 0 Å². The molecular weight excluding hydrogens is 198 g/mol. The molecule has 1 aromatic rings. The molecule has 1 heterocycles. The van der Waals surface area contributed by atoms with E-state index in [0.29, 0.717) is 0 Å². The number of nitrogens with one attached hydrogen (secondary N) is 1. The number of hydrogen-bond donors (Lipinski definition) is 2. The van der Waals surface area contributed by atoms with Gasteiger partial charge in [-0.1, -0.05) is 0 Å². The van der Waals surface area contributed by atoms with E-state index in [1.54, 1.807) is 0 Å².